The second-order valence-corrected chi connectivity index (χ2v) is 12.4. The zero-order valence-corrected chi connectivity index (χ0v) is 27.6. The molecule has 0 fully saturated rings. The first-order chi connectivity index (χ1) is 20.1. The first-order valence-corrected chi connectivity index (χ1v) is 18.2. The normalized spacial score (nSPS) is 12.2. The van der Waals surface area contributed by atoms with Gasteiger partial charge in [0.05, 0.1) is 0 Å². The Morgan fingerprint density at radius 3 is 1.37 bits per heavy atom. The zero-order valence-electron chi connectivity index (χ0n) is 27.6. The van der Waals surface area contributed by atoms with Crippen molar-refractivity contribution in [3.05, 3.63) is 12.2 Å². The standard InChI is InChI=1S/C37H70O4/c1-3-5-7-9-11-13-15-17-19-21-23-25-27-29-31-35(33-34-36(38)39)41-37(40)32-30-28-26-24-22-20-18-16-14-12-10-8-6-4-2/h14,16,35H,3-13,15,17-34H2,1-2H3,(H,38,39)/b16-14-. The molecular weight excluding hydrogens is 508 g/mol. The van der Waals surface area contributed by atoms with E-state index in [0.29, 0.717) is 12.8 Å². The maximum Gasteiger partial charge on any atom is 0.306 e. The quantitative estimate of drug-likeness (QED) is 0.0478. The summed E-state index contributed by atoms with van der Waals surface area (Å²) < 4.78 is 5.72. The highest BCUT2D eigenvalue weighted by atomic mass is 16.5. The second-order valence-electron chi connectivity index (χ2n) is 12.4. The van der Waals surface area contributed by atoms with E-state index >= 15 is 0 Å². The minimum absolute atomic E-state index is 0.0740. The topological polar surface area (TPSA) is 63.6 Å². The molecule has 1 N–H and O–H groups in total. The zero-order chi connectivity index (χ0) is 30.1. The van der Waals surface area contributed by atoms with E-state index in [-0.39, 0.29) is 18.5 Å². The Balaban J connectivity index is 3.75. The van der Waals surface area contributed by atoms with Gasteiger partial charge in [0.25, 0.3) is 0 Å². The van der Waals surface area contributed by atoms with Gasteiger partial charge in [-0.1, -0.05) is 154 Å². The van der Waals surface area contributed by atoms with E-state index in [0.717, 1.165) is 32.1 Å². The smallest absolute Gasteiger partial charge is 0.306 e. The Labute approximate surface area is 255 Å². The summed E-state index contributed by atoms with van der Waals surface area (Å²) in [6.07, 6.45) is 39.3. The van der Waals surface area contributed by atoms with Crippen LogP contribution in [0.15, 0.2) is 12.2 Å². The Morgan fingerprint density at radius 2 is 0.902 bits per heavy atom. The number of aliphatic carboxylic acids is 1. The molecule has 4 nitrogen and oxygen atoms in total. The molecule has 0 saturated carbocycles. The third-order valence-corrected chi connectivity index (χ3v) is 8.25. The summed E-state index contributed by atoms with van der Waals surface area (Å²) in [5, 5.41) is 9.09. The Morgan fingerprint density at radius 1 is 0.512 bits per heavy atom. The number of unbranched alkanes of at least 4 members (excludes halogenated alkanes) is 23. The lowest BCUT2D eigenvalue weighted by molar-refractivity contribution is -0.151. The average Bonchev–Trinajstić information content (AvgIpc) is 2.96. The molecule has 0 rings (SSSR count). The monoisotopic (exact) mass is 579 g/mol. The largest absolute Gasteiger partial charge is 0.481 e. The lowest BCUT2D eigenvalue weighted by atomic mass is 10.0. The fourth-order valence-corrected chi connectivity index (χ4v) is 5.52. The maximum absolute atomic E-state index is 12.4. The number of hydrogen-bond donors (Lipinski definition) is 1. The van der Waals surface area contributed by atoms with Gasteiger partial charge >= 0.3 is 11.9 Å². The number of carbonyl (C=O) groups is 2. The van der Waals surface area contributed by atoms with Crippen LogP contribution in [0.25, 0.3) is 0 Å². The summed E-state index contributed by atoms with van der Waals surface area (Å²) in [4.78, 5) is 23.5. The number of carbonyl (C=O) groups excluding carboxylic acids is 1. The molecule has 0 aliphatic carbocycles. The summed E-state index contributed by atoms with van der Waals surface area (Å²) in [7, 11) is 0. The molecular formula is C37H70O4. The molecule has 0 aromatic rings. The van der Waals surface area contributed by atoms with Crippen molar-refractivity contribution in [3.8, 4) is 0 Å². The Kier molecular flexibility index (Phi) is 32.1. The molecule has 0 heterocycles. The molecule has 0 aromatic carbocycles. The number of carboxylic acids is 1. The van der Waals surface area contributed by atoms with Gasteiger partial charge in [-0.15, -0.1) is 0 Å². The average molecular weight is 579 g/mol. The molecule has 0 saturated heterocycles. The highest BCUT2D eigenvalue weighted by Crippen LogP contribution is 2.17. The molecule has 0 aliphatic rings. The van der Waals surface area contributed by atoms with Gasteiger partial charge in [0.15, 0.2) is 0 Å². The summed E-state index contributed by atoms with van der Waals surface area (Å²) in [5.74, 6) is -0.954. The van der Waals surface area contributed by atoms with Crippen LogP contribution < -0.4 is 0 Å². The van der Waals surface area contributed by atoms with Crippen LogP contribution in [0, 0.1) is 0 Å². The van der Waals surface area contributed by atoms with Crippen molar-refractivity contribution in [2.45, 2.75) is 213 Å². The number of carboxylic acid groups (broad SMARTS) is 1. The molecule has 242 valence electrons. The van der Waals surface area contributed by atoms with E-state index in [4.69, 9.17) is 9.84 Å². The van der Waals surface area contributed by atoms with E-state index in [9.17, 15) is 9.59 Å². The van der Waals surface area contributed by atoms with E-state index in [1.807, 2.05) is 0 Å². The number of hydrogen-bond acceptors (Lipinski definition) is 3. The van der Waals surface area contributed by atoms with Crippen molar-refractivity contribution in [3.63, 3.8) is 0 Å². The summed E-state index contributed by atoms with van der Waals surface area (Å²) in [6, 6.07) is 0. The predicted octanol–water partition coefficient (Wildman–Crippen LogP) is 12.3. The van der Waals surface area contributed by atoms with Gasteiger partial charge in [0.2, 0.25) is 0 Å². The van der Waals surface area contributed by atoms with Gasteiger partial charge < -0.3 is 9.84 Å². The fraction of sp³-hybridized carbons (Fsp3) is 0.892. The second kappa shape index (κ2) is 33.2. The Bertz CT molecular complexity index is 585. The van der Waals surface area contributed by atoms with Crippen molar-refractivity contribution < 1.29 is 19.4 Å². The third-order valence-electron chi connectivity index (χ3n) is 8.25. The van der Waals surface area contributed by atoms with Crippen LogP contribution in [-0.4, -0.2) is 23.1 Å². The number of ether oxygens (including phenoxy) is 1. The van der Waals surface area contributed by atoms with Crippen molar-refractivity contribution in [2.24, 2.45) is 0 Å². The number of esters is 1. The van der Waals surface area contributed by atoms with Crippen LogP contribution in [0.1, 0.15) is 206 Å². The summed E-state index contributed by atoms with van der Waals surface area (Å²) in [5.41, 5.74) is 0. The van der Waals surface area contributed by atoms with Crippen LogP contribution in [0.5, 0.6) is 0 Å². The molecule has 0 aliphatic heterocycles. The minimum atomic E-state index is -0.811. The highest BCUT2D eigenvalue weighted by molar-refractivity contribution is 5.69. The molecule has 41 heavy (non-hydrogen) atoms. The van der Waals surface area contributed by atoms with Gasteiger partial charge in [0, 0.05) is 12.8 Å². The van der Waals surface area contributed by atoms with Gasteiger partial charge in [0.1, 0.15) is 6.10 Å². The van der Waals surface area contributed by atoms with Crippen molar-refractivity contribution in [1.29, 1.82) is 0 Å². The van der Waals surface area contributed by atoms with Crippen molar-refractivity contribution in [1.82, 2.24) is 0 Å². The van der Waals surface area contributed by atoms with Crippen LogP contribution in [-0.2, 0) is 14.3 Å². The molecule has 1 atom stereocenters. The molecule has 0 amide bonds. The van der Waals surface area contributed by atoms with Crippen molar-refractivity contribution >= 4 is 11.9 Å². The molecule has 4 heteroatoms. The molecule has 1 unspecified atom stereocenters. The third kappa shape index (κ3) is 33.1. The van der Waals surface area contributed by atoms with Crippen LogP contribution in [0.4, 0.5) is 0 Å². The van der Waals surface area contributed by atoms with E-state index in [1.165, 1.54) is 141 Å². The lowest BCUT2D eigenvalue weighted by Gasteiger charge is -2.17. The number of allylic oxidation sites excluding steroid dienone is 2. The van der Waals surface area contributed by atoms with Crippen molar-refractivity contribution in [2.75, 3.05) is 0 Å². The lowest BCUT2D eigenvalue weighted by Crippen LogP contribution is -2.19. The summed E-state index contributed by atoms with van der Waals surface area (Å²) in [6.45, 7) is 4.53. The maximum atomic E-state index is 12.4. The molecule has 0 radical (unpaired) electrons. The summed E-state index contributed by atoms with van der Waals surface area (Å²) >= 11 is 0. The molecule has 0 bridgehead atoms. The van der Waals surface area contributed by atoms with Gasteiger partial charge in [-0.25, -0.2) is 0 Å². The number of rotatable bonds is 33. The first kappa shape index (κ1) is 39.7. The van der Waals surface area contributed by atoms with Crippen LogP contribution in [0.2, 0.25) is 0 Å². The van der Waals surface area contributed by atoms with E-state index in [2.05, 4.69) is 26.0 Å². The van der Waals surface area contributed by atoms with Gasteiger partial charge in [-0.3, -0.25) is 9.59 Å². The van der Waals surface area contributed by atoms with Crippen LogP contribution >= 0.6 is 0 Å². The fourth-order valence-electron chi connectivity index (χ4n) is 5.52. The SMILES string of the molecule is CCCCCC/C=C\CCCCCCCCC(=O)OC(CCCCCCCCCCCCCCCC)CCC(=O)O. The van der Waals surface area contributed by atoms with E-state index < -0.39 is 5.97 Å². The van der Waals surface area contributed by atoms with Crippen LogP contribution in [0.3, 0.4) is 0 Å². The first-order valence-electron chi connectivity index (χ1n) is 18.2. The predicted molar refractivity (Wildman–Crippen MR) is 177 cm³/mol. The Hall–Kier alpha value is -1.32. The van der Waals surface area contributed by atoms with Gasteiger partial charge in [-0.05, 0) is 51.4 Å². The van der Waals surface area contributed by atoms with Gasteiger partial charge in [-0.2, -0.15) is 0 Å². The highest BCUT2D eigenvalue weighted by Gasteiger charge is 2.15. The molecule has 0 spiro atoms. The van der Waals surface area contributed by atoms with E-state index in [1.54, 1.807) is 0 Å². The molecule has 0 aromatic heterocycles. The minimum Gasteiger partial charge on any atom is -0.481 e.